The largest absolute Gasteiger partial charge is 0.389 e. The highest BCUT2D eigenvalue weighted by Gasteiger charge is 2.38. The molecular formula is C22H32N2O5. The number of rotatable bonds is 4. The number of hydrogen-bond donors (Lipinski definition) is 1. The van der Waals surface area contributed by atoms with Crippen LogP contribution in [-0.2, 0) is 25.5 Å². The number of ether oxygens (including phenoxy) is 3. The first-order valence-corrected chi connectivity index (χ1v) is 10.7. The molecule has 0 saturated carbocycles. The molecule has 3 fully saturated rings. The maximum absolute atomic E-state index is 12.6. The lowest BCUT2D eigenvalue weighted by atomic mass is 9.94. The molecule has 7 nitrogen and oxygen atoms in total. The molecule has 0 unspecified atom stereocenters. The zero-order valence-corrected chi connectivity index (χ0v) is 16.9. The lowest BCUT2D eigenvalue weighted by Gasteiger charge is -2.44. The van der Waals surface area contributed by atoms with Gasteiger partial charge < -0.3 is 24.2 Å². The Morgan fingerprint density at radius 1 is 1.07 bits per heavy atom. The molecule has 0 aromatic heterocycles. The molecule has 3 aliphatic rings. The summed E-state index contributed by atoms with van der Waals surface area (Å²) in [4.78, 5) is 16.8. The molecule has 0 aliphatic carbocycles. The van der Waals surface area contributed by atoms with Gasteiger partial charge in [-0.1, -0.05) is 30.3 Å². The number of nitrogens with zero attached hydrogens (tertiary/aromatic N) is 2. The first-order valence-electron chi connectivity index (χ1n) is 10.7. The lowest BCUT2D eigenvalue weighted by Crippen LogP contribution is -2.55. The SMILES string of the molecule is O=C(C[C@H]1CC[C@@H]2[C@H](COC[C@@H](O)CN2Cc2ccccc2)O1)N1CCOCC1. The van der Waals surface area contributed by atoms with E-state index in [1.807, 2.05) is 23.1 Å². The van der Waals surface area contributed by atoms with E-state index in [1.54, 1.807) is 0 Å². The summed E-state index contributed by atoms with van der Waals surface area (Å²) in [6, 6.07) is 10.5. The molecule has 0 bridgehead atoms. The van der Waals surface area contributed by atoms with Gasteiger partial charge in [0.2, 0.25) is 5.91 Å². The first kappa shape index (κ1) is 20.8. The van der Waals surface area contributed by atoms with E-state index in [0.717, 1.165) is 19.4 Å². The maximum atomic E-state index is 12.6. The predicted molar refractivity (Wildman–Crippen MR) is 107 cm³/mol. The van der Waals surface area contributed by atoms with Crippen LogP contribution in [0.2, 0.25) is 0 Å². The van der Waals surface area contributed by atoms with Crippen molar-refractivity contribution in [2.75, 3.05) is 46.1 Å². The standard InChI is InChI=1S/C22H32N2O5/c25-18-14-24(13-17-4-2-1-3-5-17)20-7-6-19(29-21(20)16-28-15-18)12-22(26)23-8-10-27-11-9-23/h1-5,18-21,25H,6-16H2/t18-,19+,20+,21-/m0/s1. The second-order valence-electron chi connectivity index (χ2n) is 8.24. The molecule has 1 aromatic carbocycles. The Morgan fingerprint density at radius 2 is 1.86 bits per heavy atom. The number of aliphatic hydroxyl groups is 1. The number of benzene rings is 1. The van der Waals surface area contributed by atoms with Crippen molar-refractivity contribution in [3.8, 4) is 0 Å². The highest BCUT2D eigenvalue weighted by Crippen LogP contribution is 2.29. The van der Waals surface area contributed by atoms with Gasteiger partial charge in [0.05, 0.1) is 51.2 Å². The minimum atomic E-state index is -0.500. The summed E-state index contributed by atoms with van der Waals surface area (Å²) in [6.07, 6.45) is 1.55. The van der Waals surface area contributed by atoms with Gasteiger partial charge in [0.1, 0.15) is 0 Å². The molecule has 7 heteroatoms. The van der Waals surface area contributed by atoms with E-state index in [4.69, 9.17) is 14.2 Å². The highest BCUT2D eigenvalue weighted by molar-refractivity contribution is 5.76. The average Bonchev–Trinajstić information content (AvgIpc) is 2.74. The van der Waals surface area contributed by atoms with E-state index in [2.05, 4.69) is 17.0 Å². The molecule has 3 saturated heterocycles. The Morgan fingerprint density at radius 3 is 2.66 bits per heavy atom. The highest BCUT2D eigenvalue weighted by atomic mass is 16.5. The van der Waals surface area contributed by atoms with E-state index in [1.165, 1.54) is 5.56 Å². The summed E-state index contributed by atoms with van der Waals surface area (Å²) in [5, 5.41) is 10.3. The van der Waals surface area contributed by atoms with E-state index < -0.39 is 6.10 Å². The monoisotopic (exact) mass is 404 g/mol. The van der Waals surface area contributed by atoms with Crippen LogP contribution in [0, 0.1) is 0 Å². The number of amides is 1. The van der Waals surface area contributed by atoms with Crippen molar-refractivity contribution in [1.29, 1.82) is 0 Å². The third-order valence-electron chi connectivity index (χ3n) is 6.08. The third-order valence-corrected chi connectivity index (χ3v) is 6.08. The van der Waals surface area contributed by atoms with Crippen molar-refractivity contribution in [2.24, 2.45) is 0 Å². The Hall–Kier alpha value is -1.51. The van der Waals surface area contributed by atoms with Crippen LogP contribution in [0.1, 0.15) is 24.8 Å². The summed E-state index contributed by atoms with van der Waals surface area (Å²) in [7, 11) is 0. The van der Waals surface area contributed by atoms with E-state index in [-0.39, 0.29) is 24.2 Å². The smallest absolute Gasteiger partial charge is 0.225 e. The zero-order chi connectivity index (χ0) is 20.1. The number of carbonyl (C=O) groups excluding carboxylic acids is 1. The van der Waals surface area contributed by atoms with Gasteiger partial charge in [-0.15, -0.1) is 0 Å². The van der Waals surface area contributed by atoms with Crippen molar-refractivity contribution in [1.82, 2.24) is 9.80 Å². The molecule has 1 aromatic rings. The van der Waals surface area contributed by atoms with Crippen LogP contribution in [0.4, 0.5) is 0 Å². The van der Waals surface area contributed by atoms with Gasteiger partial charge in [-0.3, -0.25) is 9.69 Å². The second kappa shape index (κ2) is 10.00. The molecule has 0 spiro atoms. The van der Waals surface area contributed by atoms with Gasteiger partial charge in [-0.05, 0) is 18.4 Å². The number of carbonyl (C=O) groups is 1. The van der Waals surface area contributed by atoms with E-state index in [0.29, 0.717) is 52.5 Å². The Labute approximate surface area is 172 Å². The van der Waals surface area contributed by atoms with Crippen LogP contribution in [0.3, 0.4) is 0 Å². The van der Waals surface area contributed by atoms with Crippen LogP contribution in [0.25, 0.3) is 0 Å². The van der Waals surface area contributed by atoms with Crippen molar-refractivity contribution in [3.63, 3.8) is 0 Å². The molecule has 3 aliphatic heterocycles. The van der Waals surface area contributed by atoms with Gasteiger partial charge in [-0.2, -0.15) is 0 Å². The van der Waals surface area contributed by atoms with Crippen LogP contribution in [-0.4, -0.2) is 91.2 Å². The van der Waals surface area contributed by atoms with Crippen LogP contribution in [0.15, 0.2) is 30.3 Å². The molecule has 1 amide bonds. The summed E-state index contributed by atoms with van der Waals surface area (Å²) < 4.78 is 17.4. The van der Waals surface area contributed by atoms with Gasteiger partial charge in [-0.25, -0.2) is 0 Å². The predicted octanol–water partition coefficient (Wildman–Crippen LogP) is 1.04. The van der Waals surface area contributed by atoms with E-state index >= 15 is 0 Å². The quantitative estimate of drug-likeness (QED) is 0.809. The van der Waals surface area contributed by atoms with E-state index in [9.17, 15) is 9.90 Å². The molecule has 0 radical (unpaired) electrons. The Kier molecular flexibility index (Phi) is 7.15. The number of fused-ring (bicyclic) bond motifs is 1. The van der Waals surface area contributed by atoms with Gasteiger partial charge in [0, 0.05) is 32.2 Å². The summed E-state index contributed by atoms with van der Waals surface area (Å²) in [6.45, 7) is 4.69. The summed E-state index contributed by atoms with van der Waals surface area (Å²) >= 11 is 0. The number of β-amino-alcohol motifs (C(OH)–C–C–N with tert-alkyl or cyclic N) is 1. The Balaban J connectivity index is 1.39. The van der Waals surface area contributed by atoms with Gasteiger partial charge in [0.15, 0.2) is 0 Å². The number of morpholine rings is 1. The normalized spacial score (nSPS) is 31.6. The minimum Gasteiger partial charge on any atom is -0.389 e. The fourth-order valence-electron chi connectivity index (χ4n) is 4.58. The number of hydrogen-bond acceptors (Lipinski definition) is 6. The molecule has 4 atom stereocenters. The average molecular weight is 405 g/mol. The fourth-order valence-corrected chi connectivity index (χ4v) is 4.58. The molecular weight excluding hydrogens is 372 g/mol. The van der Waals surface area contributed by atoms with Crippen LogP contribution in [0.5, 0.6) is 0 Å². The topological polar surface area (TPSA) is 71.5 Å². The fraction of sp³-hybridized carbons (Fsp3) is 0.682. The molecule has 1 N–H and O–H groups in total. The van der Waals surface area contributed by atoms with Crippen LogP contribution < -0.4 is 0 Å². The summed E-state index contributed by atoms with van der Waals surface area (Å²) in [5.41, 5.74) is 1.23. The maximum Gasteiger partial charge on any atom is 0.225 e. The van der Waals surface area contributed by atoms with Gasteiger partial charge in [0.25, 0.3) is 0 Å². The summed E-state index contributed by atoms with van der Waals surface area (Å²) in [5.74, 6) is 0.153. The van der Waals surface area contributed by atoms with Crippen molar-refractivity contribution < 1.29 is 24.1 Å². The van der Waals surface area contributed by atoms with Crippen LogP contribution >= 0.6 is 0 Å². The van der Waals surface area contributed by atoms with Crippen molar-refractivity contribution in [2.45, 2.75) is 50.2 Å². The van der Waals surface area contributed by atoms with Gasteiger partial charge >= 0.3 is 0 Å². The lowest BCUT2D eigenvalue weighted by molar-refractivity contribution is -0.162. The molecule has 4 rings (SSSR count). The second-order valence-corrected chi connectivity index (χ2v) is 8.24. The zero-order valence-electron chi connectivity index (χ0n) is 16.9. The minimum absolute atomic E-state index is 0.0712. The Bertz CT molecular complexity index is 652. The number of aliphatic hydroxyl groups excluding tert-OH is 1. The van der Waals surface area contributed by atoms with Crippen molar-refractivity contribution in [3.05, 3.63) is 35.9 Å². The molecule has 160 valence electrons. The molecule has 29 heavy (non-hydrogen) atoms. The third kappa shape index (κ3) is 5.55. The first-order chi connectivity index (χ1) is 14.2. The van der Waals surface area contributed by atoms with Crippen molar-refractivity contribution >= 4 is 5.91 Å². The molecule has 3 heterocycles.